The van der Waals surface area contributed by atoms with Gasteiger partial charge in [0.1, 0.15) is 5.75 Å². The van der Waals surface area contributed by atoms with E-state index in [2.05, 4.69) is 10.6 Å². The number of rotatable bonds is 7. The van der Waals surface area contributed by atoms with E-state index in [4.69, 9.17) is 9.84 Å². The molecule has 21 heavy (non-hydrogen) atoms. The minimum Gasteiger partial charge on any atom is -0.497 e. The van der Waals surface area contributed by atoms with E-state index in [0.29, 0.717) is 13.0 Å². The molecule has 0 aliphatic rings. The fourth-order valence-electron chi connectivity index (χ4n) is 1.55. The Balaban J connectivity index is 2.28. The highest BCUT2D eigenvalue weighted by atomic mass is 16.5. The van der Waals surface area contributed by atoms with E-state index in [1.165, 1.54) is 0 Å². The van der Waals surface area contributed by atoms with Gasteiger partial charge in [-0.05, 0) is 38.0 Å². The van der Waals surface area contributed by atoms with Crippen molar-refractivity contribution in [3.05, 3.63) is 29.8 Å². The lowest BCUT2D eigenvalue weighted by Crippen LogP contribution is -2.43. The van der Waals surface area contributed by atoms with Gasteiger partial charge in [0, 0.05) is 13.1 Å². The van der Waals surface area contributed by atoms with Crippen LogP contribution < -0.4 is 15.4 Å². The molecule has 0 aromatic heterocycles. The smallest absolute Gasteiger partial charge is 0.314 e. The zero-order chi connectivity index (χ0) is 15.9. The second kappa shape index (κ2) is 7.52. The third-order valence-corrected chi connectivity index (χ3v) is 3.13. The van der Waals surface area contributed by atoms with Gasteiger partial charge in [-0.1, -0.05) is 12.1 Å². The van der Waals surface area contributed by atoms with Crippen LogP contribution >= 0.6 is 0 Å². The fraction of sp³-hybridized carbons (Fsp3) is 0.467. The molecule has 0 radical (unpaired) electrons. The third-order valence-electron chi connectivity index (χ3n) is 3.13. The molecular weight excluding hydrogens is 272 g/mol. The summed E-state index contributed by atoms with van der Waals surface area (Å²) < 4.78 is 5.07. The zero-order valence-electron chi connectivity index (χ0n) is 12.6. The number of methoxy groups -OCH3 is 1. The number of benzene rings is 1. The van der Waals surface area contributed by atoms with E-state index >= 15 is 0 Å². The first-order chi connectivity index (χ1) is 9.85. The molecular formula is C15H22N2O4. The van der Waals surface area contributed by atoms with E-state index in [-0.39, 0.29) is 12.6 Å². The summed E-state index contributed by atoms with van der Waals surface area (Å²) in [4.78, 5) is 22.5. The number of aliphatic carboxylic acids is 1. The van der Waals surface area contributed by atoms with E-state index in [9.17, 15) is 9.59 Å². The van der Waals surface area contributed by atoms with Crippen molar-refractivity contribution in [2.75, 3.05) is 20.2 Å². The van der Waals surface area contributed by atoms with Gasteiger partial charge in [0.25, 0.3) is 0 Å². The van der Waals surface area contributed by atoms with Gasteiger partial charge >= 0.3 is 12.0 Å². The van der Waals surface area contributed by atoms with Gasteiger partial charge in [0.15, 0.2) is 0 Å². The van der Waals surface area contributed by atoms with Gasteiger partial charge in [-0.2, -0.15) is 0 Å². The Labute approximate surface area is 124 Å². The highest BCUT2D eigenvalue weighted by Crippen LogP contribution is 2.13. The first kappa shape index (κ1) is 16.8. The Kier molecular flexibility index (Phi) is 6.02. The molecule has 1 rings (SSSR count). The lowest BCUT2D eigenvalue weighted by Gasteiger charge is -2.19. The van der Waals surface area contributed by atoms with Crippen molar-refractivity contribution in [3.63, 3.8) is 0 Å². The Morgan fingerprint density at radius 3 is 2.33 bits per heavy atom. The van der Waals surface area contributed by atoms with Gasteiger partial charge in [-0.25, -0.2) is 4.79 Å². The second-order valence-electron chi connectivity index (χ2n) is 5.40. The Hall–Kier alpha value is -2.24. The van der Waals surface area contributed by atoms with Crippen molar-refractivity contribution in [2.45, 2.75) is 20.3 Å². The molecule has 0 saturated carbocycles. The number of amides is 2. The SMILES string of the molecule is COc1ccc(CCNC(=O)NCC(C)(C)C(=O)O)cc1. The molecule has 3 N–H and O–H groups in total. The topological polar surface area (TPSA) is 87.7 Å². The number of nitrogens with one attached hydrogen (secondary N) is 2. The monoisotopic (exact) mass is 294 g/mol. The number of carbonyl (C=O) groups excluding carboxylic acids is 1. The number of hydrogen-bond donors (Lipinski definition) is 3. The molecule has 1 aromatic carbocycles. The van der Waals surface area contributed by atoms with Crippen molar-refractivity contribution < 1.29 is 19.4 Å². The molecule has 0 unspecified atom stereocenters. The van der Waals surface area contributed by atoms with Crippen LogP contribution in [0, 0.1) is 5.41 Å². The Morgan fingerprint density at radius 2 is 1.81 bits per heavy atom. The van der Waals surface area contributed by atoms with Crippen LogP contribution in [0.25, 0.3) is 0 Å². The average molecular weight is 294 g/mol. The quantitative estimate of drug-likeness (QED) is 0.713. The molecule has 0 fully saturated rings. The van der Waals surface area contributed by atoms with Crippen molar-refractivity contribution in [2.24, 2.45) is 5.41 Å². The number of ether oxygens (including phenoxy) is 1. The Bertz CT molecular complexity index is 483. The molecule has 1 aromatic rings. The number of carbonyl (C=O) groups is 2. The highest BCUT2D eigenvalue weighted by Gasteiger charge is 2.27. The summed E-state index contributed by atoms with van der Waals surface area (Å²) in [6.45, 7) is 3.68. The van der Waals surface area contributed by atoms with E-state index in [1.54, 1.807) is 21.0 Å². The predicted molar refractivity (Wildman–Crippen MR) is 79.5 cm³/mol. The molecule has 116 valence electrons. The predicted octanol–water partition coefficient (Wildman–Crippen LogP) is 1.65. The molecule has 0 atom stereocenters. The van der Waals surface area contributed by atoms with Crippen LogP contribution in [0.3, 0.4) is 0 Å². The summed E-state index contributed by atoms with van der Waals surface area (Å²) in [5, 5.41) is 14.2. The van der Waals surface area contributed by atoms with Crippen LogP contribution in [0.2, 0.25) is 0 Å². The lowest BCUT2D eigenvalue weighted by atomic mass is 9.94. The number of hydrogen-bond acceptors (Lipinski definition) is 3. The molecule has 0 bridgehead atoms. The summed E-state index contributed by atoms with van der Waals surface area (Å²) >= 11 is 0. The zero-order valence-corrected chi connectivity index (χ0v) is 12.6. The summed E-state index contributed by atoms with van der Waals surface area (Å²) in [7, 11) is 1.61. The van der Waals surface area contributed by atoms with Crippen molar-refractivity contribution in [1.82, 2.24) is 10.6 Å². The van der Waals surface area contributed by atoms with Gasteiger partial charge in [-0.3, -0.25) is 4.79 Å². The molecule has 6 heteroatoms. The minimum absolute atomic E-state index is 0.0801. The third kappa shape index (κ3) is 5.72. The standard InChI is InChI=1S/C15H22N2O4/c1-15(2,13(18)19)10-17-14(20)16-9-8-11-4-6-12(21-3)7-5-11/h4-7H,8-10H2,1-3H3,(H,18,19)(H2,16,17,20). The lowest BCUT2D eigenvalue weighted by molar-refractivity contribution is -0.146. The fourth-order valence-corrected chi connectivity index (χ4v) is 1.55. The molecule has 0 heterocycles. The molecule has 0 aliphatic carbocycles. The molecule has 2 amide bonds. The van der Waals surface area contributed by atoms with Gasteiger partial charge in [0.2, 0.25) is 0 Å². The molecule has 0 aliphatic heterocycles. The largest absolute Gasteiger partial charge is 0.497 e. The highest BCUT2D eigenvalue weighted by molar-refractivity contribution is 5.77. The van der Waals surface area contributed by atoms with Crippen LogP contribution in [0.5, 0.6) is 5.75 Å². The first-order valence-corrected chi connectivity index (χ1v) is 6.73. The minimum atomic E-state index is -0.979. The maximum atomic E-state index is 11.6. The van der Waals surface area contributed by atoms with Crippen LogP contribution in [-0.4, -0.2) is 37.3 Å². The summed E-state index contributed by atoms with van der Waals surface area (Å²) in [5.74, 6) is -0.151. The summed E-state index contributed by atoms with van der Waals surface area (Å²) in [5.41, 5.74) is 0.106. The molecule has 6 nitrogen and oxygen atoms in total. The molecule has 0 spiro atoms. The number of urea groups is 1. The molecule has 0 saturated heterocycles. The summed E-state index contributed by atoms with van der Waals surface area (Å²) in [6, 6.07) is 7.24. The number of carboxylic acids is 1. The van der Waals surface area contributed by atoms with E-state index < -0.39 is 11.4 Å². The second-order valence-corrected chi connectivity index (χ2v) is 5.40. The normalized spacial score (nSPS) is 10.8. The van der Waals surface area contributed by atoms with Crippen LogP contribution in [0.1, 0.15) is 19.4 Å². The number of carboxylic acid groups (broad SMARTS) is 1. The van der Waals surface area contributed by atoms with E-state index in [1.807, 2.05) is 24.3 Å². The van der Waals surface area contributed by atoms with E-state index in [0.717, 1.165) is 11.3 Å². The maximum absolute atomic E-state index is 11.6. The van der Waals surface area contributed by atoms with Crippen LogP contribution in [-0.2, 0) is 11.2 Å². The average Bonchev–Trinajstić information content (AvgIpc) is 2.46. The van der Waals surface area contributed by atoms with Gasteiger partial charge in [-0.15, -0.1) is 0 Å². The first-order valence-electron chi connectivity index (χ1n) is 6.73. The Morgan fingerprint density at radius 1 is 1.19 bits per heavy atom. The van der Waals surface area contributed by atoms with Crippen molar-refractivity contribution in [3.8, 4) is 5.75 Å². The van der Waals surface area contributed by atoms with Gasteiger partial charge in [0.05, 0.1) is 12.5 Å². The summed E-state index contributed by atoms with van der Waals surface area (Å²) in [6.07, 6.45) is 0.694. The van der Waals surface area contributed by atoms with Crippen molar-refractivity contribution in [1.29, 1.82) is 0 Å². The van der Waals surface area contributed by atoms with Crippen LogP contribution in [0.4, 0.5) is 4.79 Å². The maximum Gasteiger partial charge on any atom is 0.314 e. The van der Waals surface area contributed by atoms with Gasteiger partial charge < -0.3 is 20.5 Å². The van der Waals surface area contributed by atoms with Crippen LogP contribution in [0.15, 0.2) is 24.3 Å². The van der Waals surface area contributed by atoms with Crippen molar-refractivity contribution >= 4 is 12.0 Å².